The molecule has 0 fully saturated rings. The quantitative estimate of drug-likeness (QED) is 0.667. The topological polar surface area (TPSA) is 29.1 Å². The first-order valence-electron chi connectivity index (χ1n) is 7.97. The lowest BCUT2D eigenvalue weighted by Crippen LogP contribution is -2.32. The van der Waals surface area contributed by atoms with Crippen LogP contribution in [-0.2, 0) is 6.42 Å². The minimum atomic E-state index is 0.0774. The average molecular weight is 380 g/mol. The van der Waals surface area contributed by atoms with Crippen LogP contribution in [0, 0.1) is 5.92 Å². The lowest BCUT2D eigenvalue weighted by Gasteiger charge is -2.22. The number of rotatable bonds is 1. The fourth-order valence-electron chi connectivity index (χ4n) is 3.55. The van der Waals surface area contributed by atoms with Gasteiger partial charge in [0.1, 0.15) is 0 Å². The van der Waals surface area contributed by atoms with Crippen LogP contribution in [-0.4, -0.2) is 17.8 Å². The highest BCUT2D eigenvalue weighted by Crippen LogP contribution is 2.41. The molecule has 5 heteroatoms. The second-order valence-corrected chi connectivity index (χ2v) is 7.48. The van der Waals surface area contributed by atoms with Crippen molar-refractivity contribution in [1.29, 1.82) is 0 Å². The molecule has 2 aromatic rings. The number of carbonyl (C=O) groups is 1. The Labute approximate surface area is 156 Å². The second kappa shape index (κ2) is 8.19. The molecule has 1 aromatic carbocycles. The zero-order valence-corrected chi connectivity index (χ0v) is 15.6. The zero-order chi connectivity index (χ0) is 16.9. The summed E-state index contributed by atoms with van der Waals surface area (Å²) in [6.45, 7) is 0.774. The molecule has 0 spiro atoms. The number of carbonyl (C=O) groups excluding carboxylic acids is 1. The van der Waals surface area contributed by atoms with Gasteiger partial charge in [-0.15, -0.1) is 23.2 Å². The highest BCUT2D eigenvalue weighted by atomic mass is 35.5. The number of amides is 1. The summed E-state index contributed by atoms with van der Waals surface area (Å²) >= 11 is 11.3. The van der Waals surface area contributed by atoms with Crippen molar-refractivity contribution >= 4 is 46.0 Å². The summed E-state index contributed by atoms with van der Waals surface area (Å²) < 4.78 is 0. The highest BCUT2D eigenvalue weighted by Gasteiger charge is 2.29. The van der Waals surface area contributed by atoms with Crippen LogP contribution in [0.2, 0.25) is 0 Å². The van der Waals surface area contributed by atoms with Crippen LogP contribution in [0.3, 0.4) is 0 Å². The van der Waals surface area contributed by atoms with Gasteiger partial charge in [-0.05, 0) is 64.8 Å². The summed E-state index contributed by atoms with van der Waals surface area (Å²) in [6, 6.07) is 10.2. The molecular weight excluding hydrogens is 361 g/mol. The molecule has 0 saturated carbocycles. The van der Waals surface area contributed by atoms with Crippen molar-refractivity contribution in [1.82, 2.24) is 5.32 Å². The maximum atomic E-state index is 12.2. The van der Waals surface area contributed by atoms with E-state index in [2.05, 4.69) is 28.2 Å². The van der Waals surface area contributed by atoms with Gasteiger partial charge in [0.2, 0.25) is 0 Å². The van der Waals surface area contributed by atoms with Crippen LogP contribution < -0.4 is 5.32 Å². The standard InChI is InChI=1S/C18H17NOS.CH2Cl2/c20-18-16-4-2-1-3-12(16)9-17-13(10-19-18)5-6-15(17)14-7-8-21-11-14;2-1-3/h1-4,7-8,11,13H,5-6,9-10H2,(H,19,20);1H2/t13-;/m1./s1. The van der Waals surface area contributed by atoms with E-state index in [0.717, 1.165) is 36.9 Å². The molecule has 1 aliphatic heterocycles. The van der Waals surface area contributed by atoms with Gasteiger partial charge in [-0.1, -0.05) is 23.8 Å². The van der Waals surface area contributed by atoms with Crippen LogP contribution in [0.4, 0.5) is 0 Å². The predicted octanol–water partition coefficient (Wildman–Crippen LogP) is 5.32. The molecule has 2 heterocycles. The van der Waals surface area contributed by atoms with Crippen molar-refractivity contribution in [3.8, 4) is 0 Å². The molecule has 0 bridgehead atoms. The Balaban J connectivity index is 0.000000526. The number of fused-ring (bicyclic) bond motifs is 2. The molecule has 24 heavy (non-hydrogen) atoms. The number of nitrogens with one attached hydrogen (secondary N) is 1. The average Bonchev–Trinajstić information content (AvgIpc) is 3.22. The summed E-state index contributed by atoms with van der Waals surface area (Å²) in [5.74, 6) is 0.575. The molecule has 4 rings (SSSR count). The summed E-state index contributed by atoms with van der Waals surface area (Å²) in [6.07, 6.45) is 3.21. The van der Waals surface area contributed by atoms with E-state index in [4.69, 9.17) is 23.2 Å². The molecule has 126 valence electrons. The van der Waals surface area contributed by atoms with Crippen molar-refractivity contribution in [2.45, 2.75) is 19.3 Å². The molecule has 1 N–H and O–H groups in total. The van der Waals surface area contributed by atoms with E-state index in [1.54, 1.807) is 11.3 Å². The monoisotopic (exact) mass is 379 g/mol. The van der Waals surface area contributed by atoms with Crippen LogP contribution in [0.5, 0.6) is 0 Å². The normalized spacial score (nSPS) is 19.4. The van der Waals surface area contributed by atoms with Crippen molar-refractivity contribution in [3.63, 3.8) is 0 Å². The smallest absolute Gasteiger partial charge is 0.251 e. The largest absolute Gasteiger partial charge is 0.351 e. The predicted molar refractivity (Wildman–Crippen MR) is 103 cm³/mol. The molecule has 0 unspecified atom stereocenters. The molecule has 2 aliphatic rings. The molecule has 0 radical (unpaired) electrons. The first-order chi connectivity index (χ1) is 11.7. The maximum absolute atomic E-state index is 12.2. The summed E-state index contributed by atoms with van der Waals surface area (Å²) in [5.41, 5.74) is 6.40. The van der Waals surface area contributed by atoms with E-state index in [1.807, 2.05) is 18.2 Å². The van der Waals surface area contributed by atoms with Crippen LogP contribution >= 0.6 is 34.5 Å². The molecular formula is C19H19Cl2NOS. The third-order valence-electron chi connectivity index (χ3n) is 4.64. The number of alkyl halides is 2. The van der Waals surface area contributed by atoms with Crippen molar-refractivity contribution < 1.29 is 4.79 Å². The SMILES string of the molecule is ClCCl.O=C1NC[C@H]2CCC(c3ccsc3)=C2Cc2ccccc21. The lowest BCUT2D eigenvalue weighted by molar-refractivity contribution is 0.0946. The van der Waals surface area contributed by atoms with Gasteiger partial charge in [0.15, 0.2) is 0 Å². The molecule has 0 saturated heterocycles. The lowest BCUT2D eigenvalue weighted by atomic mass is 9.89. The van der Waals surface area contributed by atoms with Crippen molar-refractivity contribution in [2.24, 2.45) is 5.92 Å². The molecule has 1 aromatic heterocycles. The van der Waals surface area contributed by atoms with E-state index in [-0.39, 0.29) is 11.2 Å². The van der Waals surface area contributed by atoms with Gasteiger partial charge in [-0.3, -0.25) is 4.79 Å². The van der Waals surface area contributed by atoms with Gasteiger partial charge in [0, 0.05) is 12.1 Å². The third-order valence-corrected chi connectivity index (χ3v) is 5.33. The number of hydrogen-bond donors (Lipinski definition) is 1. The van der Waals surface area contributed by atoms with Gasteiger partial charge in [-0.25, -0.2) is 0 Å². The maximum Gasteiger partial charge on any atom is 0.251 e. The second-order valence-electron chi connectivity index (χ2n) is 5.90. The number of benzene rings is 1. The van der Waals surface area contributed by atoms with Gasteiger partial charge >= 0.3 is 0 Å². The number of hydrogen-bond acceptors (Lipinski definition) is 2. The molecule has 2 nitrogen and oxygen atoms in total. The Morgan fingerprint density at radius 1 is 1.21 bits per heavy atom. The minimum Gasteiger partial charge on any atom is -0.351 e. The van der Waals surface area contributed by atoms with Crippen molar-refractivity contribution in [2.75, 3.05) is 11.9 Å². The fraction of sp³-hybridized carbons (Fsp3) is 0.316. The zero-order valence-electron chi connectivity index (χ0n) is 13.2. The molecule has 1 amide bonds. The fourth-order valence-corrected chi connectivity index (χ4v) is 4.23. The van der Waals surface area contributed by atoms with E-state index < -0.39 is 0 Å². The summed E-state index contributed by atoms with van der Waals surface area (Å²) in [7, 11) is 0. The Kier molecular flexibility index (Phi) is 5.99. The van der Waals surface area contributed by atoms with Gasteiger partial charge in [-0.2, -0.15) is 11.3 Å². The number of thiophene rings is 1. The van der Waals surface area contributed by atoms with Gasteiger partial charge in [0.25, 0.3) is 5.91 Å². The number of halogens is 2. The third kappa shape index (κ3) is 3.69. The molecule has 1 atom stereocenters. The Bertz CT molecular complexity index is 740. The molecule has 1 aliphatic carbocycles. The Morgan fingerprint density at radius 3 is 2.75 bits per heavy atom. The first kappa shape index (κ1) is 17.5. The van der Waals surface area contributed by atoms with E-state index in [9.17, 15) is 4.79 Å². The van der Waals surface area contributed by atoms with Crippen LogP contribution in [0.1, 0.15) is 34.3 Å². The van der Waals surface area contributed by atoms with E-state index in [0.29, 0.717) is 5.92 Å². The van der Waals surface area contributed by atoms with Gasteiger partial charge in [0.05, 0.1) is 5.34 Å². The summed E-state index contributed by atoms with van der Waals surface area (Å²) in [5, 5.41) is 7.69. The summed E-state index contributed by atoms with van der Waals surface area (Å²) in [4.78, 5) is 12.2. The van der Waals surface area contributed by atoms with Crippen LogP contribution in [0.15, 0.2) is 46.7 Å². The Morgan fingerprint density at radius 2 is 2.00 bits per heavy atom. The van der Waals surface area contributed by atoms with E-state index >= 15 is 0 Å². The minimum absolute atomic E-state index is 0.0774. The number of allylic oxidation sites excluding steroid dienone is 1. The van der Waals surface area contributed by atoms with Gasteiger partial charge < -0.3 is 5.32 Å². The Hall–Kier alpha value is -1.29. The highest BCUT2D eigenvalue weighted by molar-refractivity contribution is 7.08. The van der Waals surface area contributed by atoms with Crippen LogP contribution in [0.25, 0.3) is 5.57 Å². The van der Waals surface area contributed by atoms with E-state index in [1.165, 1.54) is 16.7 Å². The first-order valence-corrected chi connectivity index (χ1v) is 9.98. The van der Waals surface area contributed by atoms with Crippen molar-refractivity contribution in [3.05, 3.63) is 63.4 Å².